The first-order valence-corrected chi connectivity index (χ1v) is 20.6. The van der Waals surface area contributed by atoms with Gasteiger partial charge in [0.15, 0.2) is 0 Å². The molecule has 0 radical (unpaired) electrons. The van der Waals surface area contributed by atoms with Gasteiger partial charge >= 0.3 is 0 Å². The second-order valence-electron chi connectivity index (χ2n) is 14.1. The predicted molar refractivity (Wildman–Crippen MR) is 202 cm³/mol. The smallest absolute Gasteiger partial charge is 0.220 e. The lowest BCUT2D eigenvalue weighted by molar-refractivity contribution is -0.123. The van der Waals surface area contributed by atoms with Crippen LogP contribution in [0.3, 0.4) is 0 Å². The number of unbranched alkanes of at least 4 members (excludes halogenated alkanes) is 28. The van der Waals surface area contributed by atoms with E-state index in [-0.39, 0.29) is 12.5 Å². The van der Waals surface area contributed by atoms with Gasteiger partial charge in [-0.25, -0.2) is 0 Å². The standard InChI is InChI=1S/C42H81NO3/c1-3-5-7-9-11-13-15-17-18-19-20-21-22-23-24-26-28-30-32-34-36-38-42(46)43-40(39-44)41(45)37-35-33-31-29-27-25-16-14-12-10-8-6-4-2/h23-24,35,37,40-41,44-45H,3-22,25-34,36,38-39H2,1-2H3,(H,43,46). The fraction of sp³-hybridized carbons (Fsp3) is 0.881. The molecular formula is C42H81NO3. The summed E-state index contributed by atoms with van der Waals surface area (Å²) in [6, 6.07) is -0.622. The minimum absolute atomic E-state index is 0.0717. The number of aliphatic hydroxyl groups excluding tert-OH is 2. The van der Waals surface area contributed by atoms with Crippen molar-refractivity contribution >= 4 is 5.91 Å². The Labute approximate surface area is 288 Å². The van der Waals surface area contributed by atoms with Gasteiger partial charge in [0.1, 0.15) is 0 Å². The van der Waals surface area contributed by atoms with E-state index in [1.807, 2.05) is 6.08 Å². The summed E-state index contributed by atoms with van der Waals surface area (Å²) in [6.07, 6.45) is 48.5. The minimum Gasteiger partial charge on any atom is -0.394 e. The topological polar surface area (TPSA) is 69.6 Å². The quantitative estimate of drug-likeness (QED) is 0.0464. The number of carbonyl (C=O) groups excluding carboxylic acids is 1. The molecule has 2 unspecified atom stereocenters. The summed E-state index contributed by atoms with van der Waals surface area (Å²) in [4.78, 5) is 12.3. The predicted octanol–water partition coefficient (Wildman–Crippen LogP) is 12.5. The molecule has 46 heavy (non-hydrogen) atoms. The van der Waals surface area contributed by atoms with Crippen LogP contribution in [0.2, 0.25) is 0 Å². The fourth-order valence-corrected chi connectivity index (χ4v) is 6.23. The van der Waals surface area contributed by atoms with Crippen LogP contribution in [0.15, 0.2) is 24.3 Å². The molecule has 0 rings (SSSR count). The molecule has 0 aromatic carbocycles. The first kappa shape index (κ1) is 44.9. The Kier molecular flexibility index (Phi) is 37.4. The maximum absolute atomic E-state index is 12.3. The molecule has 4 nitrogen and oxygen atoms in total. The number of hydrogen-bond donors (Lipinski definition) is 3. The van der Waals surface area contributed by atoms with Gasteiger partial charge in [0, 0.05) is 6.42 Å². The normalized spacial score (nSPS) is 13.2. The highest BCUT2D eigenvalue weighted by atomic mass is 16.3. The second-order valence-corrected chi connectivity index (χ2v) is 14.1. The van der Waals surface area contributed by atoms with Crippen LogP contribution in [0.4, 0.5) is 0 Å². The summed E-state index contributed by atoms with van der Waals surface area (Å²) >= 11 is 0. The number of carbonyl (C=O) groups is 1. The Hall–Kier alpha value is -1.13. The highest BCUT2D eigenvalue weighted by Gasteiger charge is 2.17. The molecule has 0 saturated carbocycles. The number of amides is 1. The summed E-state index contributed by atoms with van der Waals surface area (Å²) in [7, 11) is 0. The Morgan fingerprint density at radius 3 is 1.20 bits per heavy atom. The van der Waals surface area contributed by atoms with Crippen LogP contribution in [0.5, 0.6) is 0 Å². The molecule has 0 heterocycles. The number of aliphatic hydroxyl groups is 2. The zero-order valence-corrected chi connectivity index (χ0v) is 31.1. The molecule has 0 aliphatic carbocycles. The molecule has 3 N–H and O–H groups in total. The third kappa shape index (κ3) is 34.2. The molecule has 0 aliphatic rings. The number of rotatable bonds is 37. The minimum atomic E-state index is -0.838. The molecule has 0 aromatic heterocycles. The molecule has 2 atom stereocenters. The molecule has 1 amide bonds. The van der Waals surface area contributed by atoms with Crippen molar-refractivity contribution < 1.29 is 15.0 Å². The summed E-state index contributed by atoms with van der Waals surface area (Å²) < 4.78 is 0. The molecule has 272 valence electrons. The van der Waals surface area contributed by atoms with Gasteiger partial charge in [0.25, 0.3) is 0 Å². The Morgan fingerprint density at radius 2 is 0.826 bits per heavy atom. The summed E-state index contributed by atoms with van der Waals surface area (Å²) in [5.74, 6) is -0.0717. The monoisotopic (exact) mass is 648 g/mol. The average molecular weight is 648 g/mol. The first-order chi connectivity index (χ1) is 22.7. The Morgan fingerprint density at radius 1 is 0.500 bits per heavy atom. The van der Waals surface area contributed by atoms with E-state index < -0.39 is 12.1 Å². The maximum Gasteiger partial charge on any atom is 0.220 e. The summed E-state index contributed by atoms with van der Waals surface area (Å²) in [5.41, 5.74) is 0. The van der Waals surface area contributed by atoms with Crippen molar-refractivity contribution in [3.05, 3.63) is 24.3 Å². The third-order valence-electron chi connectivity index (χ3n) is 9.43. The van der Waals surface area contributed by atoms with E-state index in [0.29, 0.717) is 6.42 Å². The molecule has 0 spiro atoms. The van der Waals surface area contributed by atoms with Crippen molar-refractivity contribution in [2.24, 2.45) is 0 Å². The van der Waals surface area contributed by atoms with Crippen molar-refractivity contribution in [1.82, 2.24) is 5.32 Å². The van der Waals surface area contributed by atoms with E-state index in [9.17, 15) is 15.0 Å². The lowest BCUT2D eigenvalue weighted by atomic mass is 10.0. The van der Waals surface area contributed by atoms with Gasteiger partial charge in [-0.1, -0.05) is 192 Å². The fourth-order valence-electron chi connectivity index (χ4n) is 6.23. The average Bonchev–Trinajstić information content (AvgIpc) is 3.06. The second kappa shape index (κ2) is 38.3. The molecular weight excluding hydrogens is 566 g/mol. The Balaban J connectivity index is 3.57. The number of allylic oxidation sites excluding steroid dienone is 3. The zero-order valence-electron chi connectivity index (χ0n) is 31.1. The summed E-state index contributed by atoms with van der Waals surface area (Å²) in [6.45, 7) is 4.30. The lowest BCUT2D eigenvalue weighted by Gasteiger charge is -2.20. The van der Waals surface area contributed by atoms with Gasteiger partial charge < -0.3 is 15.5 Å². The van der Waals surface area contributed by atoms with Crippen molar-refractivity contribution in [1.29, 1.82) is 0 Å². The molecule has 0 aliphatic heterocycles. The van der Waals surface area contributed by atoms with Crippen LogP contribution in [-0.4, -0.2) is 34.9 Å². The number of nitrogens with one attached hydrogen (secondary N) is 1. The molecule has 4 heteroatoms. The van der Waals surface area contributed by atoms with E-state index in [4.69, 9.17) is 0 Å². The van der Waals surface area contributed by atoms with E-state index in [0.717, 1.165) is 32.1 Å². The lowest BCUT2D eigenvalue weighted by Crippen LogP contribution is -2.45. The van der Waals surface area contributed by atoms with Crippen molar-refractivity contribution in [2.75, 3.05) is 6.61 Å². The molecule has 0 saturated heterocycles. The van der Waals surface area contributed by atoms with Crippen LogP contribution in [0, 0.1) is 0 Å². The van der Waals surface area contributed by atoms with Gasteiger partial charge in [-0.05, 0) is 44.9 Å². The largest absolute Gasteiger partial charge is 0.394 e. The van der Waals surface area contributed by atoms with Crippen LogP contribution >= 0.6 is 0 Å². The van der Waals surface area contributed by atoms with E-state index >= 15 is 0 Å². The van der Waals surface area contributed by atoms with Crippen LogP contribution in [-0.2, 0) is 4.79 Å². The Bertz CT molecular complexity index is 661. The SMILES string of the molecule is CCCCCCCCCCCCCC=CC(O)C(CO)NC(=O)CCCCCCCC=CCCCCCCCCCCCCCC. The summed E-state index contributed by atoms with van der Waals surface area (Å²) in [5, 5.41) is 22.9. The van der Waals surface area contributed by atoms with Crippen LogP contribution in [0.1, 0.15) is 219 Å². The van der Waals surface area contributed by atoms with E-state index in [2.05, 4.69) is 31.3 Å². The molecule has 0 aromatic rings. The highest BCUT2D eigenvalue weighted by Crippen LogP contribution is 2.14. The van der Waals surface area contributed by atoms with Gasteiger partial charge in [0.2, 0.25) is 5.91 Å². The van der Waals surface area contributed by atoms with Crippen molar-refractivity contribution in [3.8, 4) is 0 Å². The van der Waals surface area contributed by atoms with Gasteiger partial charge in [0.05, 0.1) is 18.8 Å². The van der Waals surface area contributed by atoms with Gasteiger partial charge in [-0.15, -0.1) is 0 Å². The maximum atomic E-state index is 12.3. The van der Waals surface area contributed by atoms with Gasteiger partial charge in [-0.2, -0.15) is 0 Å². The zero-order chi connectivity index (χ0) is 33.6. The molecule has 0 fully saturated rings. The molecule has 0 bridgehead atoms. The van der Waals surface area contributed by atoms with Crippen LogP contribution in [0.25, 0.3) is 0 Å². The van der Waals surface area contributed by atoms with Crippen LogP contribution < -0.4 is 5.32 Å². The highest BCUT2D eigenvalue weighted by molar-refractivity contribution is 5.76. The first-order valence-electron chi connectivity index (χ1n) is 20.6. The van der Waals surface area contributed by atoms with Crippen molar-refractivity contribution in [3.63, 3.8) is 0 Å². The van der Waals surface area contributed by atoms with E-state index in [1.165, 1.54) is 167 Å². The van der Waals surface area contributed by atoms with Gasteiger partial charge in [-0.3, -0.25) is 4.79 Å². The van der Waals surface area contributed by atoms with E-state index in [1.54, 1.807) is 6.08 Å². The number of hydrogen-bond acceptors (Lipinski definition) is 3. The third-order valence-corrected chi connectivity index (χ3v) is 9.43. The van der Waals surface area contributed by atoms with Crippen molar-refractivity contribution in [2.45, 2.75) is 231 Å².